The van der Waals surface area contributed by atoms with Gasteiger partial charge in [-0.2, -0.15) is 0 Å². The predicted molar refractivity (Wildman–Crippen MR) is 84.3 cm³/mol. The number of aromatic carboxylic acids is 1. The quantitative estimate of drug-likeness (QED) is 0.735. The molecule has 2 aromatic carbocycles. The molecule has 0 saturated heterocycles. The highest BCUT2D eigenvalue weighted by atomic mass is 16.4. The fraction of sp³-hybridized carbons (Fsp3) is 0.278. The van der Waals surface area contributed by atoms with Crippen LogP contribution in [0.1, 0.15) is 33.5 Å². The molecule has 0 spiro atoms. The molecule has 0 aliphatic heterocycles. The van der Waals surface area contributed by atoms with Crippen molar-refractivity contribution < 1.29 is 20.1 Å². The summed E-state index contributed by atoms with van der Waals surface area (Å²) in [7, 11) is 0. The molecule has 0 atom stereocenters. The maximum atomic E-state index is 11.0. The third-order valence-electron chi connectivity index (χ3n) is 3.70. The number of benzene rings is 2. The Hall–Kier alpha value is -2.33. The zero-order valence-corrected chi connectivity index (χ0v) is 12.3. The number of aromatic hydroxyl groups is 1. The number of aryl methyl sites for hydroxylation is 3. The molecule has 2 aromatic rings. The van der Waals surface area contributed by atoms with Crippen LogP contribution in [0.3, 0.4) is 0 Å². The van der Waals surface area contributed by atoms with E-state index >= 15 is 0 Å². The van der Waals surface area contributed by atoms with Crippen molar-refractivity contribution in [3.05, 3.63) is 64.7 Å². The van der Waals surface area contributed by atoms with E-state index in [2.05, 4.69) is 12.1 Å². The van der Waals surface area contributed by atoms with Crippen LogP contribution in [-0.4, -0.2) is 27.9 Å². The number of carboxylic acids is 1. The van der Waals surface area contributed by atoms with Crippen molar-refractivity contribution >= 4 is 5.97 Å². The number of hydrogen-bond donors (Lipinski definition) is 3. The minimum Gasteiger partial charge on any atom is -0.507 e. The van der Waals surface area contributed by atoms with Crippen molar-refractivity contribution in [2.45, 2.75) is 25.7 Å². The van der Waals surface area contributed by atoms with E-state index in [1.54, 1.807) is 6.07 Å². The third kappa shape index (κ3) is 4.09. The van der Waals surface area contributed by atoms with Crippen LogP contribution in [0.15, 0.2) is 42.5 Å². The molecule has 0 radical (unpaired) electrons. The molecular formula is C18H20O4. The molecular weight excluding hydrogens is 280 g/mol. The minimum atomic E-state index is -1.12. The number of rotatable bonds is 7. The Morgan fingerprint density at radius 2 is 1.64 bits per heavy atom. The van der Waals surface area contributed by atoms with Gasteiger partial charge in [0.05, 0.1) is 0 Å². The van der Waals surface area contributed by atoms with Gasteiger partial charge in [0.25, 0.3) is 0 Å². The van der Waals surface area contributed by atoms with Gasteiger partial charge in [-0.3, -0.25) is 0 Å². The molecule has 2 rings (SSSR count). The van der Waals surface area contributed by atoms with Crippen LogP contribution in [0, 0.1) is 0 Å². The number of carboxylic acid groups (broad SMARTS) is 1. The molecule has 0 aliphatic carbocycles. The second kappa shape index (κ2) is 7.61. The number of hydrogen-bond acceptors (Lipinski definition) is 3. The second-order valence-electron chi connectivity index (χ2n) is 5.25. The van der Waals surface area contributed by atoms with Crippen LogP contribution in [0.2, 0.25) is 0 Å². The van der Waals surface area contributed by atoms with Crippen LogP contribution in [0.5, 0.6) is 5.75 Å². The average Bonchev–Trinajstić information content (AvgIpc) is 2.52. The maximum Gasteiger partial charge on any atom is 0.339 e. The van der Waals surface area contributed by atoms with Crippen LogP contribution in [0.4, 0.5) is 0 Å². The second-order valence-corrected chi connectivity index (χ2v) is 5.25. The van der Waals surface area contributed by atoms with Gasteiger partial charge in [-0.1, -0.05) is 30.3 Å². The average molecular weight is 300 g/mol. The molecule has 0 amide bonds. The van der Waals surface area contributed by atoms with Crippen molar-refractivity contribution in [2.24, 2.45) is 0 Å². The number of aliphatic hydroxyl groups excluding tert-OH is 1. The molecule has 0 heterocycles. The summed E-state index contributed by atoms with van der Waals surface area (Å²) in [6.45, 7) is 0.175. The molecule has 0 aromatic heterocycles. The molecule has 0 fully saturated rings. The summed E-state index contributed by atoms with van der Waals surface area (Å²) < 4.78 is 0. The van der Waals surface area contributed by atoms with Crippen LogP contribution in [-0.2, 0) is 19.3 Å². The Morgan fingerprint density at radius 3 is 2.27 bits per heavy atom. The van der Waals surface area contributed by atoms with Gasteiger partial charge in [0.1, 0.15) is 11.3 Å². The van der Waals surface area contributed by atoms with E-state index in [-0.39, 0.29) is 17.9 Å². The molecule has 3 N–H and O–H groups in total. The van der Waals surface area contributed by atoms with Crippen molar-refractivity contribution in [1.29, 1.82) is 0 Å². The number of carbonyl (C=O) groups is 1. The van der Waals surface area contributed by atoms with Gasteiger partial charge in [0.2, 0.25) is 0 Å². The summed E-state index contributed by atoms with van der Waals surface area (Å²) in [6, 6.07) is 12.8. The lowest BCUT2D eigenvalue weighted by atomic mass is 9.96. The van der Waals surface area contributed by atoms with Gasteiger partial charge in [0, 0.05) is 6.61 Å². The van der Waals surface area contributed by atoms with Gasteiger partial charge >= 0.3 is 5.97 Å². The van der Waals surface area contributed by atoms with E-state index in [0.717, 1.165) is 24.8 Å². The molecule has 116 valence electrons. The van der Waals surface area contributed by atoms with E-state index in [0.29, 0.717) is 6.42 Å². The fourth-order valence-corrected chi connectivity index (χ4v) is 2.50. The summed E-state index contributed by atoms with van der Waals surface area (Å²) in [6.07, 6.45) is 3.07. The third-order valence-corrected chi connectivity index (χ3v) is 3.70. The standard InChI is InChI=1S/C18H20O4/c19-11-3-6-14-4-1-2-5-15(14)9-7-13-8-10-17(20)16(12-13)18(21)22/h1-2,4-5,8,10,12,19-20H,3,6-7,9,11H2,(H,21,22). The highest BCUT2D eigenvalue weighted by molar-refractivity contribution is 5.90. The fourth-order valence-electron chi connectivity index (χ4n) is 2.50. The molecule has 4 nitrogen and oxygen atoms in total. The smallest absolute Gasteiger partial charge is 0.339 e. The molecule has 0 aliphatic rings. The summed E-state index contributed by atoms with van der Waals surface area (Å²) in [5, 5.41) is 27.5. The Balaban J connectivity index is 2.10. The summed E-state index contributed by atoms with van der Waals surface area (Å²) in [5.41, 5.74) is 3.24. The summed E-state index contributed by atoms with van der Waals surface area (Å²) in [4.78, 5) is 11.0. The van der Waals surface area contributed by atoms with Crippen molar-refractivity contribution in [3.63, 3.8) is 0 Å². The van der Waals surface area contributed by atoms with E-state index < -0.39 is 5.97 Å². The van der Waals surface area contributed by atoms with Crippen molar-refractivity contribution in [1.82, 2.24) is 0 Å². The van der Waals surface area contributed by atoms with Gasteiger partial charge in [0.15, 0.2) is 0 Å². The SMILES string of the molecule is O=C(O)c1cc(CCc2ccccc2CCCO)ccc1O. The first-order chi connectivity index (χ1) is 10.6. The number of aliphatic hydroxyl groups is 1. The van der Waals surface area contributed by atoms with Gasteiger partial charge in [-0.25, -0.2) is 4.79 Å². The lowest BCUT2D eigenvalue weighted by Crippen LogP contribution is -2.01. The first-order valence-corrected chi connectivity index (χ1v) is 7.34. The van der Waals surface area contributed by atoms with E-state index in [1.807, 2.05) is 12.1 Å². The topological polar surface area (TPSA) is 77.8 Å². The normalized spacial score (nSPS) is 10.6. The highest BCUT2D eigenvalue weighted by Crippen LogP contribution is 2.20. The van der Waals surface area contributed by atoms with E-state index in [4.69, 9.17) is 10.2 Å². The maximum absolute atomic E-state index is 11.0. The van der Waals surface area contributed by atoms with Gasteiger partial charge in [-0.15, -0.1) is 0 Å². The first kappa shape index (κ1) is 16.0. The van der Waals surface area contributed by atoms with E-state index in [1.165, 1.54) is 23.3 Å². The molecule has 0 saturated carbocycles. The Labute approximate surface area is 129 Å². The van der Waals surface area contributed by atoms with Crippen molar-refractivity contribution in [2.75, 3.05) is 6.61 Å². The Kier molecular flexibility index (Phi) is 5.55. The Morgan fingerprint density at radius 1 is 0.955 bits per heavy atom. The van der Waals surface area contributed by atoms with Gasteiger partial charge in [-0.05, 0) is 54.5 Å². The zero-order chi connectivity index (χ0) is 15.9. The molecule has 22 heavy (non-hydrogen) atoms. The van der Waals surface area contributed by atoms with E-state index in [9.17, 15) is 9.90 Å². The number of phenols is 1. The monoisotopic (exact) mass is 300 g/mol. The zero-order valence-electron chi connectivity index (χ0n) is 12.3. The van der Waals surface area contributed by atoms with Gasteiger partial charge < -0.3 is 15.3 Å². The molecule has 0 bridgehead atoms. The molecule has 0 unspecified atom stereocenters. The van der Waals surface area contributed by atoms with Crippen LogP contribution in [0.25, 0.3) is 0 Å². The minimum absolute atomic E-state index is 0.0638. The van der Waals surface area contributed by atoms with Crippen molar-refractivity contribution in [3.8, 4) is 5.75 Å². The summed E-state index contributed by atoms with van der Waals surface area (Å²) in [5.74, 6) is -1.33. The largest absolute Gasteiger partial charge is 0.507 e. The first-order valence-electron chi connectivity index (χ1n) is 7.34. The summed E-state index contributed by atoms with van der Waals surface area (Å²) >= 11 is 0. The van der Waals surface area contributed by atoms with Crippen LogP contribution < -0.4 is 0 Å². The van der Waals surface area contributed by atoms with Crippen LogP contribution >= 0.6 is 0 Å². The Bertz CT molecular complexity index is 649. The molecule has 4 heteroatoms. The lowest BCUT2D eigenvalue weighted by Gasteiger charge is -2.10. The predicted octanol–water partition coefficient (Wildman–Crippen LogP) is 2.80. The highest BCUT2D eigenvalue weighted by Gasteiger charge is 2.10. The lowest BCUT2D eigenvalue weighted by molar-refractivity contribution is 0.0693.